The summed E-state index contributed by atoms with van der Waals surface area (Å²) in [6, 6.07) is 10.7. The molecule has 3 N–H and O–H groups in total. The maximum atomic E-state index is 12.9. The van der Waals surface area contributed by atoms with Crippen molar-refractivity contribution in [3.63, 3.8) is 0 Å². The average molecular weight is 498 g/mol. The number of methoxy groups -OCH3 is 1. The number of hydrogen-bond acceptors (Lipinski definition) is 6. The number of nitrogens with one attached hydrogen (secondary N) is 3. The molecule has 0 radical (unpaired) electrons. The predicted octanol–water partition coefficient (Wildman–Crippen LogP) is 4.39. The third-order valence-corrected chi connectivity index (χ3v) is 5.82. The Morgan fingerprint density at radius 3 is 2.42 bits per heavy atom. The smallest absolute Gasteiger partial charge is 0.407 e. The molecule has 0 spiro atoms. The number of para-hydroxylation sites is 1. The first-order valence-electron chi connectivity index (χ1n) is 10.1. The van der Waals surface area contributed by atoms with E-state index in [0.717, 1.165) is 0 Å². The van der Waals surface area contributed by atoms with Gasteiger partial charge >= 0.3 is 6.09 Å². The SMILES string of the molecule is COc1ccc(NC(=O)CCCNC(=O)OC(C)(C)C)cc1S(=O)(=O)Nc1ccccc1Cl. The van der Waals surface area contributed by atoms with Crippen LogP contribution in [0.2, 0.25) is 5.02 Å². The van der Waals surface area contributed by atoms with Crippen molar-refractivity contribution in [3.8, 4) is 5.75 Å². The minimum Gasteiger partial charge on any atom is -0.495 e. The number of carbonyl (C=O) groups is 2. The second kappa shape index (κ2) is 11.2. The number of carbonyl (C=O) groups excluding carboxylic acids is 2. The summed E-state index contributed by atoms with van der Waals surface area (Å²) in [4.78, 5) is 23.7. The largest absolute Gasteiger partial charge is 0.495 e. The highest BCUT2D eigenvalue weighted by molar-refractivity contribution is 7.92. The summed E-state index contributed by atoms with van der Waals surface area (Å²) < 4.78 is 38.6. The van der Waals surface area contributed by atoms with E-state index >= 15 is 0 Å². The number of sulfonamides is 1. The highest BCUT2D eigenvalue weighted by atomic mass is 35.5. The molecule has 0 aliphatic carbocycles. The zero-order valence-electron chi connectivity index (χ0n) is 18.9. The summed E-state index contributed by atoms with van der Waals surface area (Å²) in [7, 11) is -2.71. The molecule has 0 saturated heterocycles. The average Bonchev–Trinajstić information content (AvgIpc) is 2.71. The van der Waals surface area contributed by atoms with Crippen LogP contribution in [-0.4, -0.2) is 39.7 Å². The molecule has 0 aliphatic rings. The van der Waals surface area contributed by atoms with Crippen LogP contribution in [-0.2, 0) is 19.6 Å². The molecule has 11 heteroatoms. The van der Waals surface area contributed by atoms with E-state index < -0.39 is 21.7 Å². The van der Waals surface area contributed by atoms with Crippen molar-refractivity contribution in [2.24, 2.45) is 0 Å². The molecule has 2 amide bonds. The molecule has 0 fully saturated rings. The molecule has 2 aromatic rings. The molecular weight excluding hydrogens is 470 g/mol. The Hall–Kier alpha value is -2.98. The van der Waals surface area contributed by atoms with Gasteiger partial charge in [0.25, 0.3) is 10.0 Å². The van der Waals surface area contributed by atoms with Crippen molar-refractivity contribution in [1.29, 1.82) is 0 Å². The second-order valence-corrected chi connectivity index (χ2v) is 10.1. The third kappa shape index (κ3) is 8.47. The first-order valence-corrected chi connectivity index (χ1v) is 12.0. The summed E-state index contributed by atoms with van der Waals surface area (Å²) in [6.07, 6.45) is -0.0682. The van der Waals surface area contributed by atoms with Crippen LogP contribution in [0.5, 0.6) is 5.75 Å². The van der Waals surface area contributed by atoms with Crippen LogP contribution < -0.4 is 20.1 Å². The molecule has 0 unspecified atom stereocenters. The first kappa shape index (κ1) is 26.3. The normalized spacial score (nSPS) is 11.4. The van der Waals surface area contributed by atoms with Crippen LogP contribution in [0, 0.1) is 0 Å². The van der Waals surface area contributed by atoms with E-state index in [1.54, 1.807) is 39.0 Å². The topological polar surface area (TPSA) is 123 Å². The quantitative estimate of drug-likeness (QED) is 0.441. The van der Waals surface area contributed by atoms with Gasteiger partial charge in [0, 0.05) is 18.7 Å². The molecule has 0 aromatic heterocycles. The number of ether oxygens (including phenoxy) is 2. The Balaban J connectivity index is 2.01. The first-order chi connectivity index (χ1) is 15.4. The lowest BCUT2D eigenvalue weighted by Crippen LogP contribution is -2.33. The van der Waals surface area contributed by atoms with Gasteiger partial charge in [-0.25, -0.2) is 13.2 Å². The Morgan fingerprint density at radius 2 is 1.79 bits per heavy atom. The molecule has 9 nitrogen and oxygen atoms in total. The van der Waals surface area contributed by atoms with Gasteiger partial charge in [-0.2, -0.15) is 0 Å². The number of hydrogen-bond donors (Lipinski definition) is 3. The molecule has 2 rings (SSSR count). The van der Waals surface area contributed by atoms with Gasteiger partial charge in [0.2, 0.25) is 5.91 Å². The Kier molecular flexibility index (Phi) is 8.95. The van der Waals surface area contributed by atoms with E-state index in [1.807, 2.05) is 0 Å². The lowest BCUT2D eigenvalue weighted by Gasteiger charge is -2.19. The van der Waals surface area contributed by atoms with Crippen molar-refractivity contribution in [2.45, 2.75) is 44.1 Å². The molecule has 180 valence electrons. The number of alkyl carbamates (subject to hydrolysis) is 1. The summed E-state index contributed by atoms with van der Waals surface area (Å²) in [5.41, 5.74) is -0.109. The van der Waals surface area contributed by atoms with E-state index in [2.05, 4.69) is 15.4 Å². The number of anilines is 2. The molecule has 33 heavy (non-hydrogen) atoms. The molecule has 0 atom stereocenters. The van der Waals surface area contributed by atoms with Crippen LogP contribution in [0.4, 0.5) is 16.2 Å². The molecule has 0 aliphatic heterocycles. The van der Waals surface area contributed by atoms with Gasteiger partial charge in [-0.15, -0.1) is 0 Å². The number of benzene rings is 2. The fraction of sp³-hybridized carbons (Fsp3) is 0.364. The lowest BCUT2D eigenvalue weighted by molar-refractivity contribution is -0.116. The summed E-state index contributed by atoms with van der Waals surface area (Å²) in [6.45, 7) is 5.53. The van der Waals surface area contributed by atoms with Crippen LogP contribution >= 0.6 is 11.6 Å². The fourth-order valence-electron chi connectivity index (χ4n) is 2.69. The molecular formula is C22H28ClN3O6S. The molecule has 2 aromatic carbocycles. The maximum absolute atomic E-state index is 12.9. The van der Waals surface area contributed by atoms with Gasteiger partial charge in [0.15, 0.2) is 0 Å². The number of halogens is 1. The van der Waals surface area contributed by atoms with Gasteiger partial charge in [0.1, 0.15) is 16.2 Å². The molecule has 0 bridgehead atoms. The third-order valence-electron chi connectivity index (χ3n) is 4.10. The van der Waals surface area contributed by atoms with Crippen molar-refractivity contribution in [3.05, 3.63) is 47.5 Å². The number of rotatable bonds is 9. The van der Waals surface area contributed by atoms with Gasteiger partial charge in [-0.05, 0) is 57.5 Å². The van der Waals surface area contributed by atoms with E-state index in [4.69, 9.17) is 21.1 Å². The second-order valence-electron chi connectivity index (χ2n) is 8.03. The van der Waals surface area contributed by atoms with Crippen LogP contribution in [0.3, 0.4) is 0 Å². The summed E-state index contributed by atoms with van der Waals surface area (Å²) in [5.74, 6) is -0.234. The predicted molar refractivity (Wildman–Crippen MR) is 127 cm³/mol. The van der Waals surface area contributed by atoms with E-state index in [-0.39, 0.29) is 45.9 Å². The van der Waals surface area contributed by atoms with Gasteiger partial charge in [0.05, 0.1) is 17.8 Å². The summed E-state index contributed by atoms with van der Waals surface area (Å²) >= 11 is 6.05. The van der Waals surface area contributed by atoms with Crippen molar-refractivity contribution < 1.29 is 27.5 Å². The van der Waals surface area contributed by atoms with Crippen molar-refractivity contribution in [2.75, 3.05) is 23.7 Å². The van der Waals surface area contributed by atoms with Gasteiger partial charge in [-0.3, -0.25) is 9.52 Å². The minimum atomic E-state index is -4.05. The Labute approximate surface area is 198 Å². The summed E-state index contributed by atoms with van der Waals surface area (Å²) in [5, 5.41) is 5.47. The van der Waals surface area contributed by atoms with Crippen LogP contribution in [0.1, 0.15) is 33.6 Å². The van der Waals surface area contributed by atoms with Crippen molar-refractivity contribution in [1.82, 2.24) is 5.32 Å². The minimum absolute atomic E-state index is 0.106. The highest BCUT2D eigenvalue weighted by Crippen LogP contribution is 2.30. The Morgan fingerprint density at radius 1 is 1.09 bits per heavy atom. The number of amides is 2. The van der Waals surface area contributed by atoms with E-state index in [1.165, 1.54) is 31.4 Å². The highest BCUT2D eigenvalue weighted by Gasteiger charge is 2.22. The van der Waals surface area contributed by atoms with Crippen LogP contribution in [0.15, 0.2) is 47.4 Å². The Bertz CT molecular complexity index is 1100. The zero-order valence-corrected chi connectivity index (χ0v) is 20.5. The van der Waals surface area contributed by atoms with Gasteiger partial charge in [-0.1, -0.05) is 23.7 Å². The van der Waals surface area contributed by atoms with Crippen molar-refractivity contribution >= 4 is 45.0 Å². The molecule has 0 heterocycles. The fourth-order valence-corrected chi connectivity index (χ4v) is 4.20. The lowest BCUT2D eigenvalue weighted by atomic mass is 10.2. The zero-order chi connectivity index (χ0) is 24.6. The van der Waals surface area contributed by atoms with Gasteiger partial charge < -0.3 is 20.1 Å². The van der Waals surface area contributed by atoms with Crippen LogP contribution in [0.25, 0.3) is 0 Å². The van der Waals surface area contributed by atoms with E-state index in [0.29, 0.717) is 6.42 Å². The van der Waals surface area contributed by atoms with E-state index in [9.17, 15) is 18.0 Å². The maximum Gasteiger partial charge on any atom is 0.407 e. The molecule has 0 saturated carbocycles. The monoisotopic (exact) mass is 497 g/mol. The standard InChI is InChI=1S/C22H28ClN3O6S/c1-22(2,3)32-21(28)24-13-7-10-20(27)25-15-11-12-18(31-4)19(14-15)33(29,30)26-17-9-6-5-8-16(17)23/h5-6,8-9,11-12,14,26H,7,10,13H2,1-4H3,(H,24,28)(H,25,27).